The standard InChI is InChI=1S/C26H34ClN11O2/c27-14-1-3-19(4-2-14)32-23(40)21-6-5-20(9-22(21)39)33-24-34-25(37-10-15(28)7-16(29)11-37)36-26(35-24)38-12-17(30)8-18(31)13-38/h1-6,9,15-18,39H,7-8,10-13,28-31H2,(H,32,40)(H,33,34,35,36)/t15-,16+,17-,18+. The van der Waals surface area contributed by atoms with Gasteiger partial charge in [-0.15, -0.1) is 0 Å². The largest absolute Gasteiger partial charge is 0.507 e. The maximum absolute atomic E-state index is 12.7. The lowest BCUT2D eigenvalue weighted by molar-refractivity contribution is 0.102. The van der Waals surface area contributed by atoms with Crippen molar-refractivity contribution in [2.24, 2.45) is 22.9 Å². The maximum Gasteiger partial charge on any atom is 0.259 e. The number of carbonyl (C=O) groups excluding carboxylic acids is 1. The number of hydrogen-bond acceptors (Lipinski definition) is 12. The van der Waals surface area contributed by atoms with Crippen molar-refractivity contribution in [3.63, 3.8) is 0 Å². The molecule has 2 fully saturated rings. The van der Waals surface area contributed by atoms with E-state index in [0.29, 0.717) is 67.3 Å². The van der Waals surface area contributed by atoms with Crippen LogP contribution in [0, 0.1) is 0 Å². The van der Waals surface area contributed by atoms with Gasteiger partial charge in [0.05, 0.1) is 5.56 Å². The number of hydrogen-bond donors (Lipinski definition) is 7. The molecule has 0 saturated carbocycles. The summed E-state index contributed by atoms with van der Waals surface area (Å²) < 4.78 is 0. The van der Waals surface area contributed by atoms with E-state index in [1.807, 2.05) is 9.80 Å². The Morgan fingerprint density at radius 2 is 1.30 bits per heavy atom. The smallest absolute Gasteiger partial charge is 0.259 e. The molecule has 0 unspecified atom stereocenters. The second kappa shape index (κ2) is 11.8. The molecule has 14 heteroatoms. The monoisotopic (exact) mass is 567 g/mol. The highest BCUT2D eigenvalue weighted by Gasteiger charge is 2.29. The van der Waals surface area contributed by atoms with Crippen molar-refractivity contribution in [3.8, 4) is 5.75 Å². The molecule has 2 aliphatic heterocycles. The summed E-state index contributed by atoms with van der Waals surface area (Å²) in [6, 6.07) is 10.8. The molecule has 4 atom stereocenters. The first-order valence-corrected chi connectivity index (χ1v) is 13.5. The molecule has 2 saturated heterocycles. The third-order valence-corrected chi connectivity index (χ3v) is 7.06. The Hall–Kier alpha value is -3.75. The molecule has 2 aliphatic rings. The fourth-order valence-corrected chi connectivity index (χ4v) is 5.16. The minimum absolute atomic E-state index is 0.102. The number of carbonyl (C=O) groups is 1. The highest BCUT2D eigenvalue weighted by molar-refractivity contribution is 6.30. The van der Waals surface area contributed by atoms with Crippen LogP contribution < -0.4 is 43.4 Å². The maximum atomic E-state index is 12.7. The number of benzene rings is 2. The average molecular weight is 568 g/mol. The molecule has 0 aliphatic carbocycles. The molecule has 2 aromatic carbocycles. The average Bonchev–Trinajstić information content (AvgIpc) is 2.89. The van der Waals surface area contributed by atoms with Gasteiger partial charge < -0.3 is 48.5 Å². The third-order valence-electron chi connectivity index (χ3n) is 6.81. The summed E-state index contributed by atoms with van der Waals surface area (Å²) in [4.78, 5) is 30.6. The Labute approximate surface area is 236 Å². The summed E-state index contributed by atoms with van der Waals surface area (Å²) in [6.45, 7) is 2.20. The van der Waals surface area contributed by atoms with Crippen LogP contribution in [0.15, 0.2) is 42.5 Å². The van der Waals surface area contributed by atoms with Gasteiger partial charge in [0.15, 0.2) is 0 Å². The van der Waals surface area contributed by atoms with Crippen molar-refractivity contribution in [2.75, 3.05) is 46.6 Å². The molecule has 0 bridgehead atoms. The molecule has 11 N–H and O–H groups in total. The van der Waals surface area contributed by atoms with Gasteiger partial charge in [-0.3, -0.25) is 4.79 Å². The van der Waals surface area contributed by atoms with E-state index in [0.717, 1.165) is 0 Å². The molecule has 3 aromatic rings. The van der Waals surface area contributed by atoms with Crippen LogP contribution >= 0.6 is 11.6 Å². The number of aromatic nitrogens is 3. The lowest BCUT2D eigenvalue weighted by Gasteiger charge is -2.37. The summed E-state index contributed by atoms with van der Waals surface area (Å²) in [5.41, 5.74) is 26.0. The van der Waals surface area contributed by atoms with Crippen molar-refractivity contribution >= 4 is 46.7 Å². The predicted octanol–water partition coefficient (Wildman–Crippen LogP) is 0.956. The van der Waals surface area contributed by atoms with Crippen LogP contribution in [-0.2, 0) is 0 Å². The summed E-state index contributed by atoms with van der Waals surface area (Å²) in [5.74, 6) is 0.416. The molecule has 3 heterocycles. The number of phenols is 1. The van der Waals surface area contributed by atoms with E-state index < -0.39 is 5.91 Å². The molecule has 212 valence electrons. The summed E-state index contributed by atoms with van der Waals surface area (Å²) in [7, 11) is 0. The molecule has 5 rings (SSSR count). The van der Waals surface area contributed by atoms with Crippen LogP contribution in [0.4, 0.5) is 29.2 Å². The van der Waals surface area contributed by atoms with Crippen LogP contribution in [0.1, 0.15) is 23.2 Å². The molecule has 1 aromatic heterocycles. The Morgan fingerprint density at radius 1 is 0.800 bits per heavy atom. The van der Waals surface area contributed by atoms with Crippen LogP contribution in [0.25, 0.3) is 0 Å². The van der Waals surface area contributed by atoms with Gasteiger partial charge in [0, 0.05) is 72.8 Å². The number of phenolic OH excluding ortho intramolecular Hbond substituents is 1. The number of halogens is 1. The Morgan fingerprint density at radius 3 is 1.80 bits per heavy atom. The fourth-order valence-electron chi connectivity index (χ4n) is 5.04. The topological polar surface area (TPSA) is 211 Å². The summed E-state index contributed by atoms with van der Waals surface area (Å²) in [6.07, 6.45) is 1.43. The first-order chi connectivity index (χ1) is 19.1. The number of anilines is 5. The van der Waals surface area contributed by atoms with Crippen molar-refractivity contribution in [1.82, 2.24) is 15.0 Å². The highest BCUT2D eigenvalue weighted by atomic mass is 35.5. The van der Waals surface area contributed by atoms with Gasteiger partial charge in [0.1, 0.15) is 5.75 Å². The summed E-state index contributed by atoms with van der Waals surface area (Å²) >= 11 is 5.91. The van der Waals surface area contributed by atoms with E-state index in [9.17, 15) is 9.90 Å². The first-order valence-electron chi connectivity index (χ1n) is 13.1. The zero-order chi connectivity index (χ0) is 28.4. The number of nitrogens with one attached hydrogen (secondary N) is 2. The van der Waals surface area contributed by atoms with Crippen molar-refractivity contribution in [3.05, 3.63) is 53.1 Å². The zero-order valence-corrected chi connectivity index (χ0v) is 22.6. The van der Waals surface area contributed by atoms with Gasteiger partial charge in [-0.25, -0.2) is 0 Å². The lowest BCUT2D eigenvalue weighted by Crippen LogP contribution is -2.54. The number of aromatic hydroxyl groups is 1. The number of nitrogens with two attached hydrogens (primary N) is 4. The number of amides is 1. The number of nitrogens with zero attached hydrogens (tertiary/aromatic N) is 5. The minimum atomic E-state index is -0.466. The second-order valence-electron chi connectivity index (χ2n) is 10.4. The zero-order valence-electron chi connectivity index (χ0n) is 21.9. The van der Waals surface area contributed by atoms with E-state index in [4.69, 9.17) is 39.5 Å². The van der Waals surface area contributed by atoms with Gasteiger partial charge in [0.25, 0.3) is 5.91 Å². The molecule has 1 amide bonds. The van der Waals surface area contributed by atoms with Crippen LogP contribution in [0.5, 0.6) is 5.75 Å². The number of piperidine rings is 2. The van der Waals surface area contributed by atoms with Crippen LogP contribution in [0.3, 0.4) is 0 Å². The molecule has 0 spiro atoms. The van der Waals surface area contributed by atoms with Crippen molar-refractivity contribution < 1.29 is 9.90 Å². The van der Waals surface area contributed by atoms with E-state index in [1.54, 1.807) is 30.3 Å². The highest BCUT2D eigenvalue weighted by Crippen LogP contribution is 2.27. The van der Waals surface area contributed by atoms with Crippen molar-refractivity contribution in [2.45, 2.75) is 37.0 Å². The molecule has 13 nitrogen and oxygen atoms in total. The minimum Gasteiger partial charge on any atom is -0.507 e. The van der Waals surface area contributed by atoms with Gasteiger partial charge >= 0.3 is 0 Å². The second-order valence-corrected chi connectivity index (χ2v) is 10.8. The first kappa shape index (κ1) is 27.8. The molecule has 40 heavy (non-hydrogen) atoms. The van der Waals surface area contributed by atoms with E-state index in [-0.39, 0.29) is 41.4 Å². The van der Waals surface area contributed by atoms with E-state index in [1.165, 1.54) is 12.1 Å². The van der Waals surface area contributed by atoms with Gasteiger partial charge in [-0.1, -0.05) is 11.6 Å². The van der Waals surface area contributed by atoms with Crippen LogP contribution in [0.2, 0.25) is 5.02 Å². The predicted molar refractivity (Wildman–Crippen MR) is 156 cm³/mol. The fraction of sp³-hybridized carbons (Fsp3) is 0.385. The Kier molecular flexibility index (Phi) is 8.19. The van der Waals surface area contributed by atoms with Crippen LogP contribution in [-0.4, -0.2) is 76.3 Å². The number of rotatable bonds is 6. The Balaban J connectivity index is 1.40. The molecular weight excluding hydrogens is 534 g/mol. The lowest BCUT2D eigenvalue weighted by atomic mass is 10.0. The van der Waals surface area contributed by atoms with Gasteiger partial charge in [0.2, 0.25) is 17.8 Å². The SMILES string of the molecule is N[C@@H]1C[C@H](N)CN(c2nc(Nc3ccc(C(=O)Nc4ccc(Cl)cc4)c(O)c3)nc(N3C[C@H](N)C[C@H](N)C3)n2)C1. The normalized spacial score (nSPS) is 23.1. The summed E-state index contributed by atoms with van der Waals surface area (Å²) in [5, 5.41) is 17.1. The van der Waals surface area contributed by atoms with E-state index >= 15 is 0 Å². The molecular formula is C26H34ClN11O2. The van der Waals surface area contributed by atoms with Gasteiger partial charge in [-0.05, 0) is 49.2 Å². The third kappa shape index (κ3) is 6.69. The quantitative estimate of drug-likeness (QED) is 0.222. The van der Waals surface area contributed by atoms with Gasteiger partial charge in [-0.2, -0.15) is 15.0 Å². The van der Waals surface area contributed by atoms with Crippen molar-refractivity contribution in [1.29, 1.82) is 0 Å². The molecule has 0 radical (unpaired) electrons. The van der Waals surface area contributed by atoms with E-state index in [2.05, 4.69) is 20.6 Å². The Bertz CT molecular complexity index is 1290.